The highest BCUT2D eigenvalue weighted by Gasteiger charge is 2.33. The lowest BCUT2D eigenvalue weighted by molar-refractivity contribution is 0.0472. The standard InChI is InChI=1S/C17H12ClNO4/c1-19-15(20)12-7-6-10(8-13(12)16(19)21)17(22)23-9-11-4-2-3-5-14(11)18/h2-8H,9H2,1H3. The quantitative estimate of drug-likeness (QED) is 0.641. The third-order valence-corrected chi connectivity index (χ3v) is 4.01. The Hall–Kier alpha value is -2.66. The predicted molar refractivity (Wildman–Crippen MR) is 83.4 cm³/mol. The second kappa shape index (κ2) is 5.85. The first kappa shape index (κ1) is 15.2. The van der Waals surface area contributed by atoms with E-state index in [4.69, 9.17) is 16.3 Å². The second-order valence-electron chi connectivity index (χ2n) is 5.10. The molecule has 1 aliphatic rings. The lowest BCUT2D eigenvalue weighted by Gasteiger charge is -2.07. The van der Waals surface area contributed by atoms with E-state index in [1.165, 1.54) is 25.2 Å². The minimum atomic E-state index is -0.581. The molecule has 0 saturated carbocycles. The van der Waals surface area contributed by atoms with Crippen molar-refractivity contribution in [1.29, 1.82) is 0 Å². The summed E-state index contributed by atoms with van der Waals surface area (Å²) in [6.07, 6.45) is 0. The summed E-state index contributed by atoms with van der Waals surface area (Å²) in [6.45, 7) is 0.0301. The maximum absolute atomic E-state index is 12.1. The van der Waals surface area contributed by atoms with Crippen molar-refractivity contribution in [3.63, 3.8) is 0 Å². The maximum Gasteiger partial charge on any atom is 0.338 e. The number of carbonyl (C=O) groups is 3. The highest BCUT2D eigenvalue weighted by Crippen LogP contribution is 2.23. The Morgan fingerprint density at radius 2 is 1.78 bits per heavy atom. The average molecular weight is 330 g/mol. The van der Waals surface area contributed by atoms with Crippen molar-refractivity contribution in [2.75, 3.05) is 7.05 Å². The Kier molecular flexibility index (Phi) is 3.88. The number of esters is 1. The van der Waals surface area contributed by atoms with Crippen molar-refractivity contribution in [3.8, 4) is 0 Å². The smallest absolute Gasteiger partial charge is 0.338 e. The van der Waals surface area contributed by atoms with Crippen molar-refractivity contribution >= 4 is 29.4 Å². The summed E-state index contributed by atoms with van der Waals surface area (Å²) in [7, 11) is 1.40. The van der Waals surface area contributed by atoms with Gasteiger partial charge >= 0.3 is 5.97 Å². The zero-order valence-electron chi connectivity index (χ0n) is 12.2. The van der Waals surface area contributed by atoms with Crippen molar-refractivity contribution in [2.45, 2.75) is 6.61 Å². The van der Waals surface area contributed by atoms with Gasteiger partial charge in [0.15, 0.2) is 0 Å². The van der Waals surface area contributed by atoms with Crippen LogP contribution in [0.3, 0.4) is 0 Å². The van der Waals surface area contributed by atoms with Crippen molar-refractivity contribution in [1.82, 2.24) is 4.90 Å². The number of benzene rings is 2. The number of nitrogens with zero attached hydrogens (tertiary/aromatic N) is 1. The summed E-state index contributed by atoms with van der Waals surface area (Å²) in [5, 5.41) is 0.511. The van der Waals surface area contributed by atoms with Crippen LogP contribution in [0.2, 0.25) is 5.02 Å². The molecule has 0 aromatic heterocycles. The van der Waals surface area contributed by atoms with Gasteiger partial charge in [0, 0.05) is 17.6 Å². The number of fused-ring (bicyclic) bond motifs is 1. The van der Waals surface area contributed by atoms with Gasteiger partial charge in [-0.1, -0.05) is 29.8 Å². The second-order valence-corrected chi connectivity index (χ2v) is 5.50. The van der Waals surface area contributed by atoms with E-state index in [-0.39, 0.29) is 23.6 Å². The van der Waals surface area contributed by atoms with Gasteiger partial charge in [-0.2, -0.15) is 0 Å². The SMILES string of the molecule is CN1C(=O)c2ccc(C(=O)OCc3ccccc3Cl)cc2C1=O. The third-order valence-electron chi connectivity index (χ3n) is 3.64. The number of amides is 2. The molecule has 0 spiro atoms. The summed E-state index contributed by atoms with van der Waals surface area (Å²) in [4.78, 5) is 36.9. The fourth-order valence-corrected chi connectivity index (χ4v) is 2.52. The molecular formula is C17H12ClNO4. The van der Waals surface area contributed by atoms with Crippen molar-refractivity contribution in [3.05, 3.63) is 69.7 Å². The Balaban J connectivity index is 1.78. The molecule has 0 saturated heterocycles. The number of imide groups is 1. The number of carbonyl (C=O) groups excluding carboxylic acids is 3. The van der Waals surface area contributed by atoms with Crippen LogP contribution in [0.25, 0.3) is 0 Å². The molecule has 0 atom stereocenters. The molecule has 2 aromatic carbocycles. The van der Waals surface area contributed by atoms with Crippen LogP contribution >= 0.6 is 11.6 Å². The summed E-state index contributed by atoms with van der Waals surface area (Å²) in [5.74, 6) is -1.38. The summed E-state index contributed by atoms with van der Waals surface area (Å²) < 4.78 is 5.21. The van der Waals surface area contributed by atoms with Crippen molar-refractivity contribution in [2.24, 2.45) is 0 Å². The lowest BCUT2D eigenvalue weighted by Crippen LogP contribution is -2.24. The van der Waals surface area contributed by atoms with E-state index in [2.05, 4.69) is 0 Å². The number of halogens is 1. The Bertz CT molecular complexity index is 831. The van der Waals surface area contributed by atoms with Crippen LogP contribution < -0.4 is 0 Å². The molecule has 2 aromatic rings. The molecule has 6 heteroatoms. The molecule has 0 aliphatic carbocycles. The molecule has 5 nitrogen and oxygen atoms in total. The van der Waals surface area contributed by atoms with Gasteiger partial charge in [-0.15, -0.1) is 0 Å². The summed E-state index contributed by atoms with van der Waals surface area (Å²) >= 11 is 6.00. The van der Waals surface area contributed by atoms with E-state index in [1.54, 1.807) is 24.3 Å². The molecule has 23 heavy (non-hydrogen) atoms. The Morgan fingerprint density at radius 1 is 1.09 bits per heavy atom. The number of ether oxygens (including phenoxy) is 1. The van der Waals surface area contributed by atoms with Crippen LogP contribution in [-0.2, 0) is 11.3 Å². The van der Waals surface area contributed by atoms with Crippen LogP contribution in [0.15, 0.2) is 42.5 Å². The molecule has 1 heterocycles. The van der Waals surface area contributed by atoms with Crippen LogP contribution in [0.5, 0.6) is 0 Å². The van der Waals surface area contributed by atoms with E-state index in [1.807, 2.05) is 0 Å². The number of hydrogen-bond donors (Lipinski definition) is 0. The molecule has 116 valence electrons. The van der Waals surface area contributed by atoms with Gasteiger partial charge in [-0.3, -0.25) is 14.5 Å². The van der Waals surface area contributed by atoms with Gasteiger partial charge in [-0.05, 0) is 24.3 Å². The van der Waals surface area contributed by atoms with E-state index < -0.39 is 11.9 Å². The largest absolute Gasteiger partial charge is 0.457 e. The molecule has 2 amide bonds. The van der Waals surface area contributed by atoms with Gasteiger partial charge in [0.2, 0.25) is 0 Å². The number of rotatable bonds is 3. The molecule has 0 fully saturated rings. The summed E-state index contributed by atoms with van der Waals surface area (Å²) in [6, 6.07) is 11.4. The van der Waals surface area contributed by atoms with Gasteiger partial charge < -0.3 is 4.74 Å². The van der Waals surface area contributed by atoms with Gasteiger partial charge in [0.25, 0.3) is 11.8 Å². The highest BCUT2D eigenvalue weighted by atomic mass is 35.5. The number of hydrogen-bond acceptors (Lipinski definition) is 4. The summed E-state index contributed by atoms with van der Waals surface area (Å²) in [5.41, 5.74) is 1.41. The molecule has 0 N–H and O–H groups in total. The predicted octanol–water partition coefficient (Wildman–Crippen LogP) is 2.92. The first-order valence-electron chi connectivity index (χ1n) is 6.86. The monoisotopic (exact) mass is 329 g/mol. The van der Waals surface area contributed by atoms with E-state index >= 15 is 0 Å². The fraction of sp³-hybridized carbons (Fsp3) is 0.118. The van der Waals surface area contributed by atoms with Gasteiger partial charge in [-0.25, -0.2) is 4.79 Å². The van der Waals surface area contributed by atoms with Gasteiger partial charge in [0.1, 0.15) is 6.61 Å². The first-order chi connectivity index (χ1) is 11.0. The zero-order chi connectivity index (χ0) is 16.6. The van der Waals surface area contributed by atoms with Crippen molar-refractivity contribution < 1.29 is 19.1 Å². The average Bonchev–Trinajstić information content (AvgIpc) is 2.78. The van der Waals surface area contributed by atoms with Crippen LogP contribution in [0, 0.1) is 0 Å². The third kappa shape index (κ3) is 2.71. The molecular weight excluding hydrogens is 318 g/mol. The van der Waals surface area contributed by atoms with E-state index in [0.717, 1.165) is 4.90 Å². The first-order valence-corrected chi connectivity index (χ1v) is 7.24. The highest BCUT2D eigenvalue weighted by molar-refractivity contribution is 6.31. The molecule has 0 radical (unpaired) electrons. The minimum Gasteiger partial charge on any atom is -0.457 e. The van der Waals surface area contributed by atoms with Crippen LogP contribution in [-0.4, -0.2) is 29.7 Å². The van der Waals surface area contributed by atoms with Gasteiger partial charge in [0.05, 0.1) is 16.7 Å². The normalized spacial score (nSPS) is 13.2. The van der Waals surface area contributed by atoms with E-state index in [0.29, 0.717) is 16.1 Å². The van der Waals surface area contributed by atoms with E-state index in [9.17, 15) is 14.4 Å². The lowest BCUT2D eigenvalue weighted by atomic mass is 10.1. The minimum absolute atomic E-state index is 0.0301. The Morgan fingerprint density at radius 3 is 2.52 bits per heavy atom. The molecule has 0 unspecified atom stereocenters. The zero-order valence-corrected chi connectivity index (χ0v) is 13.0. The molecule has 3 rings (SSSR count). The van der Waals surface area contributed by atoms with Crippen LogP contribution in [0.1, 0.15) is 36.6 Å². The molecule has 1 aliphatic heterocycles. The van der Waals surface area contributed by atoms with Crippen LogP contribution in [0.4, 0.5) is 0 Å². The molecule has 0 bridgehead atoms. The topological polar surface area (TPSA) is 63.7 Å². The Labute approximate surface area is 137 Å². The fourth-order valence-electron chi connectivity index (χ4n) is 2.33. The maximum atomic E-state index is 12.1.